The SMILES string of the molecule is O=C1NC[C@H](C(=O)N2CCC[C@@H](Cc3cccc(OC(F)(F)F)c3)C2)CCO1. The molecule has 2 heterocycles. The van der Waals surface area contributed by atoms with Crippen LogP contribution >= 0.6 is 0 Å². The highest BCUT2D eigenvalue weighted by Crippen LogP contribution is 2.27. The lowest BCUT2D eigenvalue weighted by Crippen LogP contribution is -2.45. The summed E-state index contributed by atoms with van der Waals surface area (Å²) >= 11 is 0. The van der Waals surface area contributed by atoms with Crippen LogP contribution in [0.2, 0.25) is 0 Å². The number of nitrogens with zero attached hydrogens (tertiary/aromatic N) is 1. The lowest BCUT2D eigenvalue weighted by atomic mass is 9.90. The second-order valence-electron chi connectivity index (χ2n) is 7.19. The molecule has 0 aliphatic carbocycles. The van der Waals surface area contributed by atoms with Gasteiger partial charge in [0.1, 0.15) is 5.75 Å². The van der Waals surface area contributed by atoms with Crippen LogP contribution in [0.4, 0.5) is 18.0 Å². The Labute approximate surface area is 161 Å². The number of ether oxygens (including phenoxy) is 2. The molecule has 1 N–H and O–H groups in total. The Bertz CT molecular complexity index is 711. The summed E-state index contributed by atoms with van der Waals surface area (Å²) in [6.07, 6.45) is -2.43. The second kappa shape index (κ2) is 8.70. The molecule has 28 heavy (non-hydrogen) atoms. The minimum atomic E-state index is -4.72. The zero-order chi connectivity index (χ0) is 20.1. The topological polar surface area (TPSA) is 67.9 Å². The predicted octanol–water partition coefficient (Wildman–Crippen LogP) is 3.11. The second-order valence-corrected chi connectivity index (χ2v) is 7.19. The van der Waals surface area contributed by atoms with Crippen LogP contribution in [0.5, 0.6) is 5.75 Å². The van der Waals surface area contributed by atoms with Crippen molar-refractivity contribution in [3.63, 3.8) is 0 Å². The number of likely N-dealkylation sites (tertiary alicyclic amines) is 1. The van der Waals surface area contributed by atoms with Crippen molar-refractivity contribution in [1.82, 2.24) is 10.2 Å². The normalized spacial score (nSPS) is 23.4. The van der Waals surface area contributed by atoms with Crippen LogP contribution in [0.25, 0.3) is 0 Å². The maximum atomic E-state index is 12.8. The Morgan fingerprint density at radius 2 is 2.14 bits per heavy atom. The van der Waals surface area contributed by atoms with E-state index in [0.717, 1.165) is 18.4 Å². The van der Waals surface area contributed by atoms with E-state index in [1.54, 1.807) is 11.0 Å². The molecular weight excluding hydrogens is 377 g/mol. The first kappa shape index (κ1) is 20.3. The van der Waals surface area contributed by atoms with Gasteiger partial charge in [0, 0.05) is 19.6 Å². The molecule has 0 unspecified atom stereocenters. The van der Waals surface area contributed by atoms with Gasteiger partial charge in [0.2, 0.25) is 5.91 Å². The van der Waals surface area contributed by atoms with Gasteiger partial charge in [-0.15, -0.1) is 13.2 Å². The predicted molar refractivity (Wildman–Crippen MR) is 93.6 cm³/mol. The number of rotatable bonds is 4. The first-order valence-electron chi connectivity index (χ1n) is 9.34. The maximum Gasteiger partial charge on any atom is 0.573 e. The summed E-state index contributed by atoms with van der Waals surface area (Å²) in [7, 11) is 0. The van der Waals surface area contributed by atoms with E-state index >= 15 is 0 Å². The molecule has 0 bridgehead atoms. The number of alkyl halides is 3. The first-order chi connectivity index (χ1) is 13.3. The molecule has 2 saturated heterocycles. The Morgan fingerprint density at radius 1 is 1.32 bits per heavy atom. The van der Waals surface area contributed by atoms with E-state index in [4.69, 9.17) is 4.74 Å². The lowest BCUT2D eigenvalue weighted by Gasteiger charge is -2.35. The van der Waals surface area contributed by atoms with Gasteiger partial charge in [-0.1, -0.05) is 12.1 Å². The number of carbonyl (C=O) groups is 2. The summed E-state index contributed by atoms with van der Waals surface area (Å²) in [5.74, 6) is -0.392. The third-order valence-corrected chi connectivity index (χ3v) is 5.03. The summed E-state index contributed by atoms with van der Waals surface area (Å²) < 4.78 is 46.1. The van der Waals surface area contributed by atoms with E-state index in [2.05, 4.69) is 10.1 Å². The zero-order valence-corrected chi connectivity index (χ0v) is 15.3. The van der Waals surface area contributed by atoms with E-state index in [1.165, 1.54) is 18.2 Å². The summed E-state index contributed by atoms with van der Waals surface area (Å²) in [5.41, 5.74) is 0.746. The molecule has 2 fully saturated rings. The number of carbonyl (C=O) groups excluding carboxylic acids is 2. The molecule has 0 radical (unpaired) electrons. The van der Waals surface area contributed by atoms with Gasteiger partial charge in [-0.3, -0.25) is 4.79 Å². The molecule has 2 aliphatic heterocycles. The van der Waals surface area contributed by atoms with Gasteiger partial charge in [-0.25, -0.2) is 4.79 Å². The van der Waals surface area contributed by atoms with Gasteiger partial charge < -0.3 is 19.7 Å². The fourth-order valence-electron chi connectivity index (χ4n) is 3.76. The van der Waals surface area contributed by atoms with Gasteiger partial charge in [-0.05, 0) is 49.3 Å². The molecule has 154 valence electrons. The highest BCUT2D eigenvalue weighted by atomic mass is 19.4. The van der Waals surface area contributed by atoms with Crippen molar-refractivity contribution in [2.75, 3.05) is 26.2 Å². The Hall–Kier alpha value is -2.45. The minimum Gasteiger partial charge on any atom is -0.450 e. The molecule has 2 atom stereocenters. The fraction of sp³-hybridized carbons (Fsp3) is 0.579. The van der Waals surface area contributed by atoms with Gasteiger partial charge in [0.05, 0.1) is 12.5 Å². The molecule has 0 spiro atoms. The Morgan fingerprint density at radius 3 is 2.93 bits per heavy atom. The highest BCUT2D eigenvalue weighted by Gasteiger charge is 2.32. The van der Waals surface area contributed by atoms with E-state index in [9.17, 15) is 22.8 Å². The van der Waals surface area contributed by atoms with Gasteiger partial charge in [-0.2, -0.15) is 0 Å². The molecule has 1 aromatic rings. The lowest BCUT2D eigenvalue weighted by molar-refractivity contribution is -0.274. The van der Waals surface area contributed by atoms with Gasteiger partial charge >= 0.3 is 12.5 Å². The highest BCUT2D eigenvalue weighted by molar-refractivity contribution is 5.80. The third kappa shape index (κ3) is 5.77. The largest absolute Gasteiger partial charge is 0.573 e. The standard InChI is InChI=1S/C19H23F3N2O4/c20-19(21,22)28-16-5-1-3-13(10-16)9-14-4-2-7-24(12-14)17(25)15-6-8-27-18(26)23-11-15/h1,3,5,10,14-15H,2,4,6-9,11-12H2,(H,23,26)/t14-,15+/m0/s1. The van der Waals surface area contributed by atoms with E-state index in [0.29, 0.717) is 25.9 Å². The van der Waals surface area contributed by atoms with Crippen LogP contribution in [0.1, 0.15) is 24.8 Å². The van der Waals surface area contributed by atoms with E-state index in [1.807, 2.05) is 0 Å². The number of hydrogen-bond donors (Lipinski definition) is 1. The molecule has 2 amide bonds. The smallest absolute Gasteiger partial charge is 0.450 e. The fourth-order valence-corrected chi connectivity index (χ4v) is 3.76. The number of halogens is 3. The monoisotopic (exact) mass is 400 g/mol. The maximum absolute atomic E-state index is 12.8. The van der Waals surface area contributed by atoms with Crippen LogP contribution in [0.15, 0.2) is 24.3 Å². The number of amides is 2. The van der Waals surface area contributed by atoms with Crippen LogP contribution in [0.3, 0.4) is 0 Å². The quantitative estimate of drug-likeness (QED) is 0.843. The van der Waals surface area contributed by atoms with Gasteiger partial charge in [0.25, 0.3) is 0 Å². The molecule has 9 heteroatoms. The van der Waals surface area contributed by atoms with Crippen molar-refractivity contribution in [2.24, 2.45) is 11.8 Å². The molecule has 0 aromatic heterocycles. The average Bonchev–Trinajstić information content (AvgIpc) is 2.85. The van der Waals surface area contributed by atoms with E-state index < -0.39 is 12.5 Å². The summed E-state index contributed by atoms with van der Waals surface area (Å²) in [5, 5.41) is 2.58. The molecule has 1 aromatic carbocycles. The molecular formula is C19H23F3N2O4. The molecule has 3 rings (SSSR count). The number of piperidine rings is 1. The van der Waals surface area contributed by atoms with Crippen LogP contribution in [-0.2, 0) is 16.0 Å². The molecule has 2 aliphatic rings. The van der Waals surface area contributed by atoms with Crippen molar-refractivity contribution in [2.45, 2.75) is 32.0 Å². The van der Waals surface area contributed by atoms with Crippen molar-refractivity contribution in [3.05, 3.63) is 29.8 Å². The van der Waals surface area contributed by atoms with Crippen molar-refractivity contribution < 1.29 is 32.2 Å². The number of benzene rings is 1. The zero-order valence-electron chi connectivity index (χ0n) is 15.3. The number of alkyl carbamates (subject to hydrolysis) is 1. The number of hydrogen-bond acceptors (Lipinski definition) is 4. The summed E-state index contributed by atoms with van der Waals surface area (Å²) in [4.78, 5) is 25.9. The number of cyclic esters (lactones) is 1. The molecule has 0 saturated carbocycles. The Balaban J connectivity index is 1.58. The third-order valence-electron chi connectivity index (χ3n) is 5.03. The van der Waals surface area contributed by atoms with Crippen LogP contribution in [-0.4, -0.2) is 49.5 Å². The Kier molecular flexibility index (Phi) is 6.31. The summed E-state index contributed by atoms with van der Waals surface area (Å²) in [6.45, 7) is 1.67. The molecule has 6 nitrogen and oxygen atoms in total. The van der Waals surface area contributed by atoms with Crippen LogP contribution in [0, 0.1) is 11.8 Å². The van der Waals surface area contributed by atoms with Crippen LogP contribution < -0.4 is 10.1 Å². The van der Waals surface area contributed by atoms with Gasteiger partial charge in [0.15, 0.2) is 0 Å². The van der Waals surface area contributed by atoms with Crippen molar-refractivity contribution in [3.8, 4) is 5.75 Å². The van der Waals surface area contributed by atoms with Crippen molar-refractivity contribution in [1.29, 1.82) is 0 Å². The average molecular weight is 400 g/mol. The minimum absolute atomic E-state index is 0.00958. The summed E-state index contributed by atoms with van der Waals surface area (Å²) in [6, 6.07) is 5.97. The first-order valence-corrected chi connectivity index (χ1v) is 9.34. The number of nitrogens with one attached hydrogen (secondary N) is 1. The van der Waals surface area contributed by atoms with E-state index in [-0.39, 0.29) is 36.6 Å². The van der Waals surface area contributed by atoms with Crippen molar-refractivity contribution >= 4 is 12.0 Å².